The quantitative estimate of drug-likeness (QED) is 0.847. The molecule has 0 radical (unpaired) electrons. The molecule has 0 aliphatic carbocycles. The van der Waals surface area contributed by atoms with Crippen LogP contribution in [0.4, 0.5) is 0 Å². The highest BCUT2D eigenvalue weighted by Crippen LogP contribution is 2.16. The third kappa shape index (κ3) is 3.29. The Kier molecular flexibility index (Phi) is 4.49. The van der Waals surface area contributed by atoms with Gasteiger partial charge < -0.3 is 0 Å². The first-order valence-electron chi connectivity index (χ1n) is 5.29. The Balaban J connectivity index is 3.13. The molecule has 0 aliphatic heterocycles. The fourth-order valence-electron chi connectivity index (χ4n) is 1.42. The van der Waals surface area contributed by atoms with Gasteiger partial charge in [0.2, 0.25) is 20.0 Å². The van der Waals surface area contributed by atoms with E-state index in [1.54, 1.807) is 0 Å². The largest absolute Gasteiger partial charge is 0.242 e. The van der Waals surface area contributed by atoms with Crippen molar-refractivity contribution in [3.8, 4) is 0 Å². The minimum atomic E-state index is -3.80. The monoisotopic (exact) mass is 292 g/mol. The Bertz CT molecular complexity index is 606. The highest BCUT2D eigenvalue weighted by Gasteiger charge is 2.20. The molecule has 1 aromatic carbocycles. The molecular weight excluding hydrogens is 276 g/mol. The van der Waals surface area contributed by atoms with Crippen molar-refractivity contribution in [1.29, 1.82) is 0 Å². The topological polar surface area (TPSA) is 97.5 Å². The first kappa shape index (κ1) is 15.1. The van der Waals surface area contributed by atoms with Gasteiger partial charge >= 0.3 is 0 Å². The van der Waals surface area contributed by atoms with E-state index in [1.807, 2.05) is 6.92 Å². The molecule has 0 spiro atoms. The van der Waals surface area contributed by atoms with E-state index in [4.69, 9.17) is 5.14 Å². The summed E-state index contributed by atoms with van der Waals surface area (Å²) in [4.78, 5) is -0.0644. The first-order valence-corrected chi connectivity index (χ1v) is 8.27. The molecule has 0 fully saturated rings. The average molecular weight is 292 g/mol. The second kappa shape index (κ2) is 5.35. The zero-order valence-corrected chi connectivity index (χ0v) is 11.8. The number of benzene rings is 1. The maximum Gasteiger partial charge on any atom is 0.242 e. The molecule has 0 aromatic heterocycles. The van der Waals surface area contributed by atoms with Crippen LogP contribution in [0.1, 0.15) is 13.3 Å². The summed E-state index contributed by atoms with van der Waals surface area (Å²) >= 11 is 0. The van der Waals surface area contributed by atoms with Gasteiger partial charge in [0.05, 0.1) is 9.79 Å². The Hall–Kier alpha value is -0.960. The average Bonchev–Trinajstić information content (AvgIpc) is 2.28. The third-order valence-electron chi connectivity index (χ3n) is 2.40. The zero-order valence-electron chi connectivity index (χ0n) is 10.2. The molecule has 8 heteroatoms. The lowest BCUT2D eigenvalue weighted by molar-refractivity contribution is 0.468. The highest BCUT2D eigenvalue weighted by atomic mass is 32.2. The van der Waals surface area contributed by atoms with Crippen LogP contribution in [-0.2, 0) is 20.0 Å². The molecule has 0 saturated carbocycles. The molecule has 0 unspecified atom stereocenters. The summed E-state index contributed by atoms with van der Waals surface area (Å²) in [6, 6.07) is 4.84. The van der Waals surface area contributed by atoms with Crippen molar-refractivity contribution in [3.05, 3.63) is 24.3 Å². The van der Waals surface area contributed by atoms with Crippen LogP contribution in [0.15, 0.2) is 34.1 Å². The standard InChI is InChI=1S/C10H16N2O4S2/c1-3-8-12(2)18(15,16)10-6-4-9(5-7-10)17(11,13)14/h4-7H,3,8H2,1-2H3,(H2,11,13,14). The maximum atomic E-state index is 12.0. The Labute approximate surface area is 108 Å². The summed E-state index contributed by atoms with van der Waals surface area (Å²) in [5.74, 6) is 0. The van der Waals surface area contributed by atoms with E-state index in [0.29, 0.717) is 13.0 Å². The summed E-state index contributed by atoms with van der Waals surface area (Å²) in [6.45, 7) is 2.27. The van der Waals surface area contributed by atoms with E-state index in [9.17, 15) is 16.8 Å². The summed E-state index contributed by atoms with van der Waals surface area (Å²) in [5.41, 5.74) is 0. The fourth-order valence-corrected chi connectivity index (χ4v) is 3.19. The summed E-state index contributed by atoms with van der Waals surface area (Å²) < 4.78 is 47.4. The van der Waals surface area contributed by atoms with Crippen molar-refractivity contribution < 1.29 is 16.8 Å². The number of rotatable bonds is 5. The maximum absolute atomic E-state index is 12.0. The van der Waals surface area contributed by atoms with Gasteiger partial charge in [-0.1, -0.05) is 6.92 Å². The molecule has 0 saturated heterocycles. The van der Waals surface area contributed by atoms with Crippen LogP contribution in [0.3, 0.4) is 0 Å². The Morgan fingerprint density at radius 3 is 1.89 bits per heavy atom. The Morgan fingerprint density at radius 2 is 1.50 bits per heavy atom. The van der Waals surface area contributed by atoms with Gasteiger partial charge in [-0.15, -0.1) is 0 Å². The Morgan fingerprint density at radius 1 is 1.06 bits per heavy atom. The third-order valence-corrected chi connectivity index (χ3v) is 5.20. The van der Waals surface area contributed by atoms with Gasteiger partial charge in [0.15, 0.2) is 0 Å². The van der Waals surface area contributed by atoms with Crippen LogP contribution in [0.25, 0.3) is 0 Å². The number of nitrogens with two attached hydrogens (primary N) is 1. The molecule has 0 heterocycles. The normalized spacial score (nSPS) is 12.9. The van der Waals surface area contributed by atoms with Crippen LogP contribution in [0.2, 0.25) is 0 Å². The summed E-state index contributed by atoms with van der Waals surface area (Å²) in [7, 11) is -5.89. The van der Waals surface area contributed by atoms with Crippen LogP contribution in [-0.4, -0.2) is 34.7 Å². The molecule has 6 nitrogen and oxygen atoms in total. The van der Waals surface area contributed by atoms with Crippen LogP contribution >= 0.6 is 0 Å². The van der Waals surface area contributed by atoms with Crippen LogP contribution in [0, 0.1) is 0 Å². The molecule has 0 aliphatic rings. The molecule has 0 atom stereocenters. The van der Waals surface area contributed by atoms with Crippen LogP contribution < -0.4 is 5.14 Å². The number of sulfonamides is 2. The summed E-state index contributed by atoms with van der Waals surface area (Å²) in [5, 5.41) is 4.94. The van der Waals surface area contributed by atoms with Gasteiger partial charge in [0.25, 0.3) is 0 Å². The molecule has 2 N–H and O–H groups in total. The molecule has 18 heavy (non-hydrogen) atoms. The summed E-state index contributed by atoms with van der Waals surface area (Å²) in [6.07, 6.45) is 0.699. The van der Waals surface area contributed by atoms with E-state index in [0.717, 1.165) is 0 Å². The minimum absolute atomic E-state index is 0.0471. The second-order valence-electron chi connectivity index (χ2n) is 3.84. The van der Waals surface area contributed by atoms with E-state index in [-0.39, 0.29) is 9.79 Å². The van der Waals surface area contributed by atoms with Crippen LogP contribution in [0.5, 0.6) is 0 Å². The van der Waals surface area contributed by atoms with E-state index in [2.05, 4.69) is 0 Å². The number of nitrogens with zero attached hydrogens (tertiary/aromatic N) is 1. The molecule has 102 valence electrons. The van der Waals surface area contributed by atoms with Gasteiger partial charge in [-0.05, 0) is 30.7 Å². The van der Waals surface area contributed by atoms with Crippen molar-refractivity contribution in [2.75, 3.05) is 13.6 Å². The smallest absolute Gasteiger partial charge is 0.225 e. The number of primary sulfonamides is 1. The van der Waals surface area contributed by atoms with Gasteiger partial charge in [-0.25, -0.2) is 26.3 Å². The van der Waals surface area contributed by atoms with Gasteiger partial charge in [-0.2, -0.15) is 0 Å². The number of hydrogen-bond donors (Lipinski definition) is 1. The van der Waals surface area contributed by atoms with E-state index in [1.165, 1.54) is 35.6 Å². The predicted molar refractivity (Wildman–Crippen MR) is 67.9 cm³/mol. The van der Waals surface area contributed by atoms with Crippen molar-refractivity contribution in [2.45, 2.75) is 23.1 Å². The van der Waals surface area contributed by atoms with Crippen molar-refractivity contribution in [2.24, 2.45) is 5.14 Å². The molecular formula is C10H16N2O4S2. The van der Waals surface area contributed by atoms with Crippen molar-refractivity contribution in [1.82, 2.24) is 4.31 Å². The van der Waals surface area contributed by atoms with Crippen molar-refractivity contribution in [3.63, 3.8) is 0 Å². The van der Waals surface area contributed by atoms with E-state index >= 15 is 0 Å². The predicted octanol–water partition coefficient (Wildman–Crippen LogP) is 0.365. The lowest BCUT2D eigenvalue weighted by Crippen LogP contribution is -2.27. The van der Waals surface area contributed by atoms with E-state index < -0.39 is 20.0 Å². The fraction of sp³-hybridized carbons (Fsp3) is 0.400. The molecule has 0 amide bonds. The lowest BCUT2D eigenvalue weighted by Gasteiger charge is -2.16. The zero-order chi connectivity index (χ0) is 14.0. The van der Waals surface area contributed by atoms with Gasteiger partial charge in [0.1, 0.15) is 0 Å². The highest BCUT2D eigenvalue weighted by molar-refractivity contribution is 7.89. The second-order valence-corrected chi connectivity index (χ2v) is 7.45. The minimum Gasteiger partial charge on any atom is -0.225 e. The number of hydrogen-bond acceptors (Lipinski definition) is 4. The lowest BCUT2D eigenvalue weighted by atomic mass is 10.4. The van der Waals surface area contributed by atoms with Gasteiger partial charge in [0, 0.05) is 13.6 Å². The SMILES string of the molecule is CCCN(C)S(=O)(=O)c1ccc(S(N)(=O)=O)cc1. The molecule has 1 aromatic rings. The molecule has 1 rings (SSSR count). The van der Waals surface area contributed by atoms with Crippen molar-refractivity contribution >= 4 is 20.0 Å². The molecule has 0 bridgehead atoms. The van der Waals surface area contributed by atoms with Gasteiger partial charge in [-0.3, -0.25) is 0 Å². The first-order chi connectivity index (χ1) is 8.19.